The minimum Gasteiger partial charge on any atom is -0.476 e. The third kappa shape index (κ3) is 2.32. The summed E-state index contributed by atoms with van der Waals surface area (Å²) in [5, 5.41) is 7.50. The molecule has 76 valence electrons. The molecule has 1 unspecified atom stereocenters. The van der Waals surface area contributed by atoms with Gasteiger partial charge in [-0.05, 0) is 12.5 Å². The Bertz CT molecular complexity index is 283. The van der Waals surface area contributed by atoms with Crippen LogP contribution in [0.4, 0.5) is 5.82 Å². The maximum atomic E-state index is 5.44. The lowest BCUT2D eigenvalue weighted by Crippen LogP contribution is -2.12. The Labute approximate surface area is 82.2 Å². The van der Waals surface area contributed by atoms with Crippen LogP contribution >= 0.6 is 0 Å². The molecule has 1 atom stereocenters. The Hall–Kier alpha value is -1.36. The predicted octanol–water partition coefficient (Wildman–Crippen LogP) is 0.474. The lowest BCUT2D eigenvalue weighted by Gasteiger charge is -2.08. The normalized spacial score (nSPS) is 21.0. The minimum absolute atomic E-state index is 0.404. The molecule has 1 aliphatic rings. The second-order valence-corrected chi connectivity index (χ2v) is 3.34. The van der Waals surface area contributed by atoms with Crippen LogP contribution in [0.2, 0.25) is 0 Å². The molecule has 0 saturated carbocycles. The van der Waals surface area contributed by atoms with Gasteiger partial charge in [0.2, 0.25) is 5.88 Å². The number of ether oxygens (including phenoxy) is 2. The van der Waals surface area contributed by atoms with Crippen LogP contribution in [0, 0.1) is 5.92 Å². The number of hydrogen-bond donors (Lipinski definition) is 1. The van der Waals surface area contributed by atoms with Crippen molar-refractivity contribution in [3.05, 3.63) is 12.1 Å². The molecule has 0 aliphatic carbocycles. The van der Waals surface area contributed by atoms with E-state index in [2.05, 4.69) is 10.2 Å². The molecule has 5 heteroatoms. The van der Waals surface area contributed by atoms with Gasteiger partial charge >= 0.3 is 0 Å². The van der Waals surface area contributed by atoms with Crippen LogP contribution in [0.25, 0.3) is 0 Å². The van der Waals surface area contributed by atoms with Crippen LogP contribution in [-0.2, 0) is 4.74 Å². The van der Waals surface area contributed by atoms with Crippen molar-refractivity contribution in [2.75, 3.05) is 25.6 Å². The van der Waals surface area contributed by atoms with Crippen molar-refractivity contribution in [1.29, 1.82) is 0 Å². The molecule has 0 bridgehead atoms. The molecule has 14 heavy (non-hydrogen) atoms. The summed E-state index contributed by atoms with van der Waals surface area (Å²) in [4.78, 5) is 0. The fourth-order valence-corrected chi connectivity index (χ4v) is 1.33. The van der Waals surface area contributed by atoms with Gasteiger partial charge in [0.1, 0.15) is 5.82 Å². The van der Waals surface area contributed by atoms with Crippen molar-refractivity contribution in [3.8, 4) is 5.88 Å². The third-order valence-corrected chi connectivity index (χ3v) is 2.15. The Morgan fingerprint density at radius 1 is 1.50 bits per heavy atom. The second kappa shape index (κ2) is 4.23. The summed E-state index contributed by atoms with van der Waals surface area (Å²) in [5.74, 6) is 1.40. The largest absolute Gasteiger partial charge is 0.476 e. The van der Waals surface area contributed by atoms with Crippen LogP contribution in [0.5, 0.6) is 5.88 Å². The van der Waals surface area contributed by atoms with Crippen LogP contribution in [0.1, 0.15) is 6.42 Å². The molecule has 2 rings (SSSR count). The fourth-order valence-electron chi connectivity index (χ4n) is 1.33. The molecule has 1 aromatic heterocycles. The van der Waals surface area contributed by atoms with Gasteiger partial charge in [0.15, 0.2) is 0 Å². The molecule has 1 fully saturated rings. The molecule has 5 nitrogen and oxygen atoms in total. The first kappa shape index (κ1) is 9.21. The summed E-state index contributed by atoms with van der Waals surface area (Å²) in [6.45, 7) is 2.25. The highest BCUT2D eigenvalue weighted by Gasteiger charge is 2.16. The Morgan fingerprint density at radius 2 is 2.43 bits per heavy atom. The van der Waals surface area contributed by atoms with E-state index in [0.29, 0.717) is 24.2 Å². The summed E-state index contributed by atoms with van der Waals surface area (Å²) in [7, 11) is 0. The lowest BCUT2D eigenvalue weighted by molar-refractivity contribution is 0.165. The minimum atomic E-state index is 0.404. The number of rotatable bonds is 3. The van der Waals surface area contributed by atoms with Gasteiger partial charge in [-0.25, -0.2) is 0 Å². The molecule has 1 aliphatic heterocycles. The first-order valence-corrected chi connectivity index (χ1v) is 4.64. The number of aromatic nitrogens is 2. The third-order valence-electron chi connectivity index (χ3n) is 2.15. The maximum absolute atomic E-state index is 5.44. The summed E-state index contributed by atoms with van der Waals surface area (Å²) in [5.41, 5.74) is 5.40. The van der Waals surface area contributed by atoms with Gasteiger partial charge in [-0.15, -0.1) is 10.2 Å². The second-order valence-electron chi connectivity index (χ2n) is 3.34. The van der Waals surface area contributed by atoms with E-state index in [0.717, 1.165) is 19.6 Å². The maximum Gasteiger partial charge on any atom is 0.233 e. The Morgan fingerprint density at radius 3 is 3.07 bits per heavy atom. The number of hydrogen-bond acceptors (Lipinski definition) is 5. The molecule has 2 N–H and O–H groups in total. The van der Waals surface area contributed by atoms with Crippen LogP contribution in [0.3, 0.4) is 0 Å². The van der Waals surface area contributed by atoms with Crippen LogP contribution in [-0.4, -0.2) is 30.0 Å². The fraction of sp³-hybridized carbons (Fsp3) is 0.556. The van der Waals surface area contributed by atoms with E-state index in [1.165, 1.54) is 0 Å². The van der Waals surface area contributed by atoms with Gasteiger partial charge in [-0.1, -0.05) is 0 Å². The number of nitrogen functional groups attached to an aromatic ring is 1. The van der Waals surface area contributed by atoms with Gasteiger partial charge < -0.3 is 15.2 Å². The van der Waals surface area contributed by atoms with E-state index in [-0.39, 0.29) is 0 Å². The van der Waals surface area contributed by atoms with Crippen molar-refractivity contribution in [1.82, 2.24) is 10.2 Å². The van der Waals surface area contributed by atoms with E-state index in [1.54, 1.807) is 12.1 Å². The first-order valence-electron chi connectivity index (χ1n) is 4.64. The zero-order valence-electron chi connectivity index (χ0n) is 7.85. The Kier molecular flexibility index (Phi) is 2.78. The van der Waals surface area contributed by atoms with E-state index in [4.69, 9.17) is 15.2 Å². The smallest absolute Gasteiger partial charge is 0.233 e. The van der Waals surface area contributed by atoms with E-state index < -0.39 is 0 Å². The molecule has 0 amide bonds. The monoisotopic (exact) mass is 195 g/mol. The van der Waals surface area contributed by atoms with Gasteiger partial charge in [0.05, 0.1) is 13.2 Å². The molecular weight excluding hydrogens is 182 g/mol. The van der Waals surface area contributed by atoms with Gasteiger partial charge in [0, 0.05) is 18.6 Å². The Balaban J connectivity index is 1.82. The quantitative estimate of drug-likeness (QED) is 0.759. The summed E-state index contributed by atoms with van der Waals surface area (Å²) in [6, 6.07) is 3.39. The van der Waals surface area contributed by atoms with Crippen LogP contribution in [0.15, 0.2) is 12.1 Å². The van der Waals surface area contributed by atoms with Crippen molar-refractivity contribution in [2.24, 2.45) is 5.92 Å². The number of nitrogens with zero attached hydrogens (tertiary/aromatic N) is 2. The SMILES string of the molecule is Nc1ccc(OCC2CCOC2)nn1. The molecule has 1 saturated heterocycles. The predicted molar refractivity (Wildman–Crippen MR) is 50.9 cm³/mol. The zero-order chi connectivity index (χ0) is 9.80. The summed E-state index contributed by atoms with van der Waals surface area (Å²) >= 11 is 0. The highest BCUT2D eigenvalue weighted by molar-refractivity contribution is 5.27. The van der Waals surface area contributed by atoms with E-state index in [9.17, 15) is 0 Å². The van der Waals surface area contributed by atoms with Gasteiger partial charge in [-0.2, -0.15) is 0 Å². The number of anilines is 1. The van der Waals surface area contributed by atoms with Crippen molar-refractivity contribution >= 4 is 5.82 Å². The molecule has 0 aromatic carbocycles. The average molecular weight is 195 g/mol. The summed E-state index contributed by atoms with van der Waals surface area (Å²) < 4.78 is 10.7. The lowest BCUT2D eigenvalue weighted by atomic mass is 10.1. The molecule has 1 aromatic rings. The van der Waals surface area contributed by atoms with Gasteiger partial charge in [0.25, 0.3) is 0 Å². The number of nitrogens with two attached hydrogens (primary N) is 1. The average Bonchev–Trinajstić information content (AvgIpc) is 2.70. The molecule has 0 radical (unpaired) electrons. The van der Waals surface area contributed by atoms with E-state index >= 15 is 0 Å². The molecular formula is C9H13N3O2. The molecule has 0 spiro atoms. The highest BCUT2D eigenvalue weighted by Crippen LogP contribution is 2.14. The zero-order valence-corrected chi connectivity index (χ0v) is 7.85. The first-order chi connectivity index (χ1) is 6.84. The van der Waals surface area contributed by atoms with Crippen molar-refractivity contribution in [2.45, 2.75) is 6.42 Å². The standard InChI is InChI=1S/C9H13N3O2/c10-8-1-2-9(12-11-8)14-6-7-3-4-13-5-7/h1-2,7H,3-6H2,(H2,10,11). The van der Waals surface area contributed by atoms with Crippen molar-refractivity contribution < 1.29 is 9.47 Å². The highest BCUT2D eigenvalue weighted by atomic mass is 16.5. The summed E-state index contributed by atoms with van der Waals surface area (Å²) in [6.07, 6.45) is 1.06. The van der Waals surface area contributed by atoms with Gasteiger partial charge in [-0.3, -0.25) is 0 Å². The van der Waals surface area contributed by atoms with E-state index in [1.807, 2.05) is 0 Å². The molecule has 2 heterocycles. The topological polar surface area (TPSA) is 70.3 Å². The van der Waals surface area contributed by atoms with Crippen molar-refractivity contribution in [3.63, 3.8) is 0 Å². The van der Waals surface area contributed by atoms with Crippen LogP contribution < -0.4 is 10.5 Å².